The molecule has 1 heterocycles. The molecule has 1 aromatic carbocycles. The Morgan fingerprint density at radius 2 is 1.95 bits per heavy atom. The van der Waals surface area contributed by atoms with Crippen LogP contribution in [0.25, 0.3) is 0 Å². The average molecular weight is 292 g/mol. The first-order valence-electron chi connectivity index (χ1n) is 7.90. The van der Waals surface area contributed by atoms with Gasteiger partial charge in [0.1, 0.15) is 5.82 Å². The van der Waals surface area contributed by atoms with Crippen molar-refractivity contribution in [3.8, 4) is 0 Å². The Bertz CT molecular complexity index is 468. The van der Waals surface area contributed by atoms with Crippen LogP contribution in [-0.4, -0.2) is 37.0 Å². The number of carbonyl (C=O) groups is 1. The molecule has 1 N–H and O–H groups in total. The maximum absolute atomic E-state index is 13.0. The Morgan fingerprint density at radius 3 is 2.62 bits per heavy atom. The summed E-state index contributed by atoms with van der Waals surface area (Å²) >= 11 is 0. The van der Waals surface area contributed by atoms with Crippen molar-refractivity contribution in [2.24, 2.45) is 0 Å². The third-order valence-electron chi connectivity index (χ3n) is 4.11. The minimum Gasteiger partial charge on any atom is -0.342 e. The molecule has 1 aliphatic heterocycles. The van der Waals surface area contributed by atoms with E-state index in [1.165, 1.54) is 18.9 Å². The Balaban J connectivity index is 1.70. The molecule has 116 valence electrons. The zero-order chi connectivity index (χ0) is 15.1. The van der Waals surface area contributed by atoms with Gasteiger partial charge in [0.2, 0.25) is 5.91 Å². The zero-order valence-electron chi connectivity index (χ0n) is 12.8. The third-order valence-corrected chi connectivity index (χ3v) is 4.11. The monoisotopic (exact) mass is 292 g/mol. The number of carbonyl (C=O) groups excluding carboxylic acids is 1. The van der Waals surface area contributed by atoms with Crippen molar-refractivity contribution in [3.05, 3.63) is 35.1 Å². The van der Waals surface area contributed by atoms with Crippen LogP contribution >= 0.6 is 0 Å². The predicted molar refractivity (Wildman–Crippen MR) is 82.8 cm³/mol. The first-order valence-corrected chi connectivity index (χ1v) is 7.90. The quantitative estimate of drug-likeness (QED) is 0.846. The summed E-state index contributed by atoms with van der Waals surface area (Å²) in [6.45, 7) is 4.86. The van der Waals surface area contributed by atoms with Crippen LogP contribution in [0.5, 0.6) is 0 Å². The topological polar surface area (TPSA) is 32.3 Å². The Hall–Kier alpha value is -1.42. The second-order valence-electron chi connectivity index (χ2n) is 5.79. The van der Waals surface area contributed by atoms with Gasteiger partial charge in [0.15, 0.2) is 0 Å². The summed E-state index contributed by atoms with van der Waals surface area (Å²) in [6, 6.07) is 4.87. The van der Waals surface area contributed by atoms with Gasteiger partial charge in [-0.15, -0.1) is 0 Å². The lowest BCUT2D eigenvalue weighted by Gasteiger charge is -2.20. The molecule has 21 heavy (non-hydrogen) atoms. The number of rotatable bonds is 5. The standard InChI is InChI=1S/C17H25FN2O/c1-14-12-16(18)7-6-15(14)8-9-19-13-17(21)20-10-4-2-3-5-11-20/h6-7,12,19H,2-5,8-11,13H2,1H3. The predicted octanol–water partition coefficient (Wildman–Crippen LogP) is 2.67. The molecule has 0 radical (unpaired) electrons. The molecule has 0 aliphatic carbocycles. The van der Waals surface area contributed by atoms with E-state index < -0.39 is 0 Å². The molecule has 0 atom stereocenters. The molecule has 0 spiro atoms. The van der Waals surface area contributed by atoms with Crippen molar-refractivity contribution in [3.63, 3.8) is 0 Å². The van der Waals surface area contributed by atoms with Crippen molar-refractivity contribution in [2.45, 2.75) is 39.0 Å². The number of nitrogens with zero attached hydrogens (tertiary/aromatic N) is 1. The summed E-state index contributed by atoms with van der Waals surface area (Å²) in [4.78, 5) is 14.1. The second-order valence-corrected chi connectivity index (χ2v) is 5.79. The molecule has 4 heteroatoms. The van der Waals surface area contributed by atoms with Gasteiger partial charge in [0.05, 0.1) is 6.54 Å². The number of hydrogen-bond donors (Lipinski definition) is 1. The first kappa shape index (κ1) is 16.0. The number of amides is 1. The lowest BCUT2D eigenvalue weighted by atomic mass is 10.1. The molecular weight excluding hydrogens is 267 g/mol. The van der Waals surface area contributed by atoms with E-state index in [0.29, 0.717) is 6.54 Å². The number of halogens is 1. The molecule has 1 aromatic rings. The molecule has 0 saturated carbocycles. The van der Waals surface area contributed by atoms with Crippen LogP contribution in [-0.2, 0) is 11.2 Å². The molecule has 1 saturated heterocycles. The molecule has 3 nitrogen and oxygen atoms in total. The Labute approximate surface area is 126 Å². The second kappa shape index (κ2) is 8.13. The Morgan fingerprint density at radius 1 is 1.24 bits per heavy atom. The largest absolute Gasteiger partial charge is 0.342 e. The fourth-order valence-electron chi connectivity index (χ4n) is 2.79. The summed E-state index contributed by atoms with van der Waals surface area (Å²) in [7, 11) is 0. The van der Waals surface area contributed by atoms with Crippen LogP contribution in [0.1, 0.15) is 36.8 Å². The highest BCUT2D eigenvalue weighted by Crippen LogP contribution is 2.11. The third kappa shape index (κ3) is 5.12. The molecule has 1 aliphatic rings. The number of benzene rings is 1. The van der Waals surface area contributed by atoms with Crippen LogP contribution in [0, 0.1) is 12.7 Å². The highest BCUT2D eigenvalue weighted by molar-refractivity contribution is 5.78. The minimum absolute atomic E-state index is 0.194. The van der Waals surface area contributed by atoms with E-state index in [2.05, 4.69) is 5.32 Å². The number of likely N-dealkylation sites (tertiary alicyclic amines) is 1. The van der Waals surface area contributed by atoms with Crippen LogP contribution in [0.2, 0.25) is 0 Å². The van der Waals surface area contributed by atoms with Crippen molar-refractivity contribution in [2.75, 3.05) is 26.2 Å². The van der Waals surface area contributed by atoms with Gasteiger partial charge >= 0.3 is 0 Å². The number of aryl methyl sites for hydroxylation is 1. The van der Waals surface area contributed by atoms with Crippen molar-refractivity contribution >= 4 is 5.91 Å². The molecule has 0 bridgehead atoms. The van der Waals surface area contributed by atoms with Gasteiger partial charge < -0.3 is 10.2 Å². The molecule has 1 fully saturated rings. The minimum atomic E-state index is -0.194. The SMILES string of the molecule is Cc1cc(F)ccc1CCNCC(=O)N1CCCCCC1. The molecule has 0 aromatic heterocycles. The van der Waals surface area contributed by atoms with Gasteiger partial charge in [-0.25, -0.2) is 4.39 Å². The fraction of sp³-hybridized carbons (Fsp3) is 0.588. The molecule has 1 amide bonds. The summed E-state index contributed by atoms with van der Waals surface area (Å²) in [6.07, 6.45) is 5.54. The lowest BCUT2D eigenvalue weighted by Crippen LogP contribution is -2.39. The molecule has 2 rings (SSSR count). The normalized spacial score (nSPS) is 15.8. The van der Waals surface area contributed by atoms with E-state index in [1.54, 1.807) is 6.07 Å². The van der Waals surface area contributed by atoms with Crippen LogP contribution in [0.4, 0.5) is 4.39 Å². The fourth-order valence-corrected chi connectivity index (χ4v) is 2.79. The van der Waals surface area contributed by atoms with E-state index in [0.717, 1.165) is 50.0 Å². The lowest BCUT2D eigenvalue weighted by molar-refractivity contribution is -0.130. The van der Waals surface area contributed by atoms with E-state index in [4.69, 9.17) is 0 Å². The van der Waals surface area contributed by atoms with Gasteiger partial charge in [-0.05, 0) is 56.0 Å². The zero-order valence-corrected chi connectivity index (χ0v) is 12.8. The van der Waals surface area contributed by atoms with E-state index in [9.17, 15) is 9.18 Å². The van der Waals surface area contributed by atoms with Gasteiger partial charge in [0, 0.05) is 13.1 Å². The van der Waals surface area contributed by atoms with E-state index >= 15 is 0 Å². The summed E-state index contributed by atoms with van der Waals surface area (Å²) in [5, 5.41) is 3.21. The van der Waals surface area contributed by atoms with Crippen LogP contribution in [0.15, 0.2) is 18.2 Å². The van der Waals surface area contributed by atoms with Gasteiger partial charge in [0.25, 0.3) is 0 Å². The maximum atomic E-state index is 13.0. The van der Waals surface area contributed by atoms with Gasteiger partial charge in [-0.2, -0.15) is 0 Å². The Kier molecular flexibility index (Phi) is 6.18. The number of nitrogens with one attached hydrogen (secondary N) is 1. The molecular formula is C17H25FN2O. The van der Waals surface area contributed by atoms with Crippen LogP contribution in [0.3, 0.4) is 0 Å². The smallest absolute Gasteiger partial charge is 0.236 e. The first-order chi connectivity index (χ1) is 10.2. The van der Waals surface area contributed by atoms with Crippen molar-refractivity contribution in [1.29, 1.82) is 0 Å². The van der Waals surface area contributed by atoms with Gasteiger partial charge in [-0.1, -0.05) is 18.9 Å². The summed E-state index contributed by atoms with van der Waals surface area (Å²) < 4.78 is 13.0. The van der Waals surface area contributed by atoms with Crippen molar-refractivity contribution in [1.82, 2.24) is 10.2 Å². The van der Waals surface area contributed by atoms with E-state index in [-0.39, 0.29) is 11.7 Å². The van der Waals surface area contributed by atoms with Crippen molar-refractivity contribution < 1.29 is 9.18 Å². The summed E-state index contributed by atoms with van der Waals surface area (Å²) in [5.41, 5.74) is 2.10. The summed E-state index contributed by atoms with van der Waals surface area (Å²) in [5.74, 6) is 0.00767. The number of hydrogen-bond acceptors (Lipinski definition) is 2. The van der Waals surface area contributed by atoms with E-state index in [1.807, 2.05) is 17.9 Å². The maximum Gasteiger partial charge on any atom is 0.236 e. The van der Waals surface area contributed by atoms with Gasteiger partial charge in [-0.3, -0.25) is 4.79 Å². The highest BCUT2D eigenvalue weighted by Gasteiger charge is 2.14. The average Bonchev–Trinajstić information content (AvgIpc) is 2.74. The van der Waals surface area contributed by atoms with Crippen LogP contribution < -0.4 is 5.32 Å². The highest BCUT2D eigenvalue weighted by atomic mass is 19.1. The molecule has 0 unspecified atom stereocenters.